The zero-order chi connectivity index (χ0) is 21.6. The van der Waals surface area contributed by atoms with Crippen LogP contribution >= 0.6 is 15.9 Å². The number of amides is 1. The normalized spacial score (nSPS) is 11.7. The molecular formula is C23H19BrN4O3. The summed E-state index contributed by atoms with van der Waals surface area (Å²) in [7, 11) is 1.50. The second-order valence-corrected chi connectivity index (χ2v) is 7.67. The van der Waals surface area contributed by atoms with Gasteiger partial charge in [0.1, 0.15) is 5.75 Å². The SMILES string of the molecule is CNC(=O)Oc1ccc(-c2nnc(C(Cc3ccccc3)c3ccc(Br)cn3)o2)cc1. The lowest BCUT2D eigenvalue weighted by atomic mass is 9.95. The van der Waals surface area contributed by atoms with Crippen LogP contribution in [0.3, 0.4) is 0 Å². The van der Waals surface area contributed by atoms with Gasteiger partial charge in [-0.3, -0.25) is 4.98 Å². The van der Waals surface area contributed by atoms with Crippen molar-refractivity contribution in [3.63, 3.8) is 0 Å². The minimum Gasteiger partial charge on any atom is -0.420 e. The number of hydrogen-bond acceptors (Lipinski definition) is 6. The van der Waals surface area contributed by atoms with Gasteiger partial charge in [-0.2, -0.15) is 0 Å². The van der Waals surface area contributed by atoms with E-state index >= 15 is 0 Å². The summed E-state index contributed by atoms with van der Waals surface area (Å²) in [4.78, 5) is 15.9. The Hall–Kier alpha value is -3.52. The minimum atomic E-state index is -0.529. The van der Waals surface area contributed by atoms with Crippen molar-refractivity contribution in [2.24, 2.45) is 0 Å². The molecule has 0 fully saturated rings. The van der Waals surface area contributed by atoms with Crippen molar-refractivity contribution in [1.29, 1.82) is 0 Å². The molecule has 4 rings (SSSR count). The lowest BCUT2D eigenvalue weighted by molar-refractivity contribution is 0.203. The molecule has 0 spiro atoms. The van der Waals surface area contributed by atoms with Crippen LogP contribution in [-0.4, -0.2) is 28.3 Å². The first-order chi connectivity index (χ1) is 15.1. The Balaban J connectivity index is 1.61. The highest BCUT2D eigenvalue weighted by molar-refractivity contribution is 9.10. The maximum absolute atomic E-state index is 11.3. The standard InChI is InChI=1S/C23H19BrN4O3/c1-25-23(29)30-18-10-7-16(8-11-18)21-27-28-22(31-21)19(13-15-5-3-2-4-6-15)20-12-9-17(24)14-26-20/h2-12,14,19H,13H2,1H3,(H,25,29). The Morgan fingerprint density at radius 2 is 1.84 bits per heavy atom. The zero-order valence-electron chi connectivity index (χ0n) is 16.7. The topological polar surface area (TPSA) is 90.1 Å². The van der Waals surface area contributed by atoms with Crippen LogP contribution in [0.1, 0.15) is 23.1 Å². The molecule has 0 aliphatic heterocycles. The van der Waals surface area contributed by atoms with E-state index in [-0.39, 0.29) is 5.92 Å². The van der Waals surface area contributed by atoms with E-state index in [1.807, 2.05) is 30.3 Å². The monoisotopic (exact) mass is 478 g/mol. The first-order valence-electron chi connectivity index (χ1n) is 9.61. The van der Waals surface area contributed by atoms with Crippen molar-refractivity contribution in [3.8, 4) is 17.2 Å². The average molecular weight is 479 g/mol. The molecule has 0 aliphatic carbocycles. The first kappa shape index (κ1) is 20.7. The quantitative estimate of drug-likeness (QED) is 0.419. The van der Waals surface area contributed by atoms with Crippen LogP contribution in [0, 0.1) is 0 Å². The van der Waals surface area contributed by atoms with Crippen LogP contribution < -0.4 is 10.1 Å². The molecule has 156 valence electrons. The Morgan fingerprint density at radius 1 is 1.06 bits per heavy atom. The number of rotatable bonds is 6. The molecule has 7 nitrogen and oxygen atoms in total. The predicted molar refractivity (Wildman–Crippen MR) is 119 cm³/mol. The van der Waals surface area contributed by atoms with Crippen LogP contribution in [0.25, 0.3) is 11.5 Å². The summed E-state index contributed by atoms with van der Waals surface area (Å²) >= 11 is 3.43. The van der Waals surface area contributed by atoms with E-state index in [0.717, 1.165) is 21.3 Å². The fourth-order valence-corrected chi connectivity index (χ4v) is 3.31. The van der Waals surface area contributed by atoms with Gasteiger partial charge in [0.15, 0.2) is 0 Å². The van der Waals surface area contributed by atoms with Crippen molar-refractivity contribution >= 4 is 22.0 Å². The number of ether oxygens (including phenoxy) is 1. The van der Waals surface area contributed by atoms with Crippen molar-refractivity contribution in [3.05, 3.63) is 94.5 Å². The molecule has 0 saturated heterocycles. The highest BCUT2D eigenvalue weighted by Crippen LogP contribution is 2.30. The van der Waals surface area contributed by atoms with Crippen molar-refractivity contribution < 1.29 is 13.9 Å². The summed E-state index contributed by atoms with van der Waals surface area (Å²) in [5.74, 6) is 1.10. The van der Waals surface area contributed by atoms with Gasteiger partial charge in [0, 0.05) is 23.3 Å². The van der Waals surface area contributed by atoms with Crippen LogP contribution in [0.2, 0.25) is 0 Å². The molecule has 0 radical (unpaired) electrons. The number of pyridine rings is 1. The van der Waals surface area contributed by atoms with Gasteiger partial charge in [0.05, 0.1) is 11.6 Å². The van der Waals surface area contributed by atoms with Gasteiger partial charge in [0.2, 0.25) is 11.8 Å². The molecule has 1 atom stereocenters. The summed E-state index contributed by atoms with van der Waals surface area (Å²) < 4.78 is 12.0. The van der Waals surface area contributed by atoms with E-state index in [0.29, 0.717) is 24.0 Å². The molecule has 0 saturated carbocycles. The van der Waals surface area contributed by atoms with Crippen LogP contribution in [0.15, 0.2) is 81.8 Å². The number of aromatic nitrogens is 3. The molecule has 2 heterocycles. The summed E-state index contributed by atoms with van der Waals surface area (Å²) in [5, 5.41) is 10.9. The Labute approximate surface area is 187 Å². The molecule has 0 aliphatic rings. The van der Waals surface area contributed by atoms with E-state index in [2.05, 4.69) is 48.6 Å². The third-order valence-corrected chi connectivity index (χ3v) is 5.11. The number of carbonyl (C=O) groups excluding carboxylic acids is 1. The second kappa shape index (κ2) is 9.53. The van der Waals surface area contributed by atoms with Crippen LogP contribution in [-0.2, 0) is 6.42 Å². The molecule has 2 aromatic carbocycles. The largest absolute Gasteiger partial charge is 0.420 e. The van der Waals surface area contributed by atoms with Crippen LogP contribution in [0.4, 0.5) is 4.79 Å². The average Bonchev–Trinajstić information content (AvgIpc) is 3.29. The molecule has 31 heavy (non-hydrogen) atoms. The number of benzene rings is 2. The fraction of sp³-hybridized carbons (Fsp3) is 0.130. The Bertz CT molecular complexity index is 1150. The highest BCUT2D eigenvalue weighted by Gasteiger charge is 2.23. The van der Waals surface area contributed by atoms with Crippen molar-refractivity contribution in [1.82, 2.24) is 20.5 Å². The van der Waals surface area contributed by atoms with Gasteiger partial charge in [-0.25, -0.2) is 4.79 Å². The van der Waals surface area contributed by atoms with E-state index in [1.165, 1.54) is 7.05 Å². The number of nitrogens with zero attached hydrogens (tertiary/aromatic N) is 3. The third kappa shape index (κ3) is 5.16. The summed E-state index contributed by atoms with van der Waals surface area (Å²) in [6.45, 7) is 0. The molecule has 2 aromatic heterocycles. The number of carbonyl (C=O) groups is 1. The van der Waals surface area contributed by atoms with Gasteiger partial charge >= 0.3 is 6.09 Å². The van der Waals surface area contributed by atoms with Gasteiger partial charge in [-0.1, -0.05) is 30.3 Å². The molecule has 0 bridgehead atoms. The molecule has 1 unspecified atom stereocenters. The highest BCUT2D eigenvalue weighted by atomic mass is 79.9. The third-order valence-electron chi connectivity index (χ3n) is 4.64. The smallest absolute Gasteiger partial charge is 0.412 e. The maximum Gasteiger partial charge on any atom is 0.412 e. The number of halogens is 1. The molecular weight excluding hydrogens is 460 g/mol. The second-order valence-electron chi connectivity index (χ2n) is 6.75. The zero-order valence-corrected chi connectivity index (χ0v) is 18.2. The van der Waals surface area contributed by atoms with Gasteiger partial charge < -0.3 is 14.5 Å². The lowest BCUT2D eigenvalue weighted by Gasteiger charge is -2.13. The summed E-state index contributed by atoms with van der Waals surface area (Å²) in [5.41, 5.74) is 2.72. The minimum absolute atomic E-state index is 0.187. The van der Waals surface area contributed by atoms with Crippen LogP contribution in [0.5, 0.6) is 5.75 Å². The molecule has 8 heteroatoms. The number of nitrogens with one attached hydrogen (secondary N) is 1. The van der Waals surface area contributed by atoms with E-state index in [1.54, 1.807) is 30.5 Å². The van der Waals surface area contributed by atoms with E-state index < -0.39 is 6.09 Å². The fourth-order valence-electron chi connectivity index (χ4n) is 3.08. The van der Waals surface area contributed by atoms with Gasteiger partial charge in [0.25, 0.3) is 0 Å². The van der Waals surface area contributed by atoms with Gasteiger partial charge in [-0.15, -0.1) is 10.2 Å². The summed E-state index contributed by atoms with van der Waals surface area (Å²) in [6.07, 6.45) is 1.91. The Morgan fingerprint density at radius 3 is 2.52 bits per heavy atom. The van der Waals surface area contributed by atoms with E-state index in [9.17, 15) is 4.79 Å². The molecule has 1 N–H and O–H groups in total. The molecule has 4 aromatic rings. The first-order valence-corrected chi connectivity index (χ1v) is 10.4. The predicted octanol–water partition coefficient (Wildman–Crippen LogP) is 4.99. The van der Waals surface area contributed by atoms with Crippen molar-refractivity contribution in [2.75, 3.05) is 7.05 Å². The summed E-state index contributed by atoms with van der Waals surface area (Å²) in [6, 6.07) is 20.9. The molecule has 1 amide bonds. The lowest BCUT2D eigenvalue weighted by Crippen LogP contribution is -2.21. The Kier molecular flexibility index (Phi) is 6.37. The maximum atomic E-state index is 11.3. The van der Waals surface area contributed by atoms with E-state index in [4.69, 9.17) is 9.15 Å². The number of hydrogen-bond donors (Lipinski definition) is 1. The van der Waals surface area contributed by atoms with Crippen molar-refractivity contribution in [2.45, 2.75) is 12.3 Å². The van der Waals surface area contributed by atoms with Gasteiger partial charge in [-0.05, 0) is 64.3 Å².